The first-order chi connectivity index (χ1) is 11.2. The highest BCUT2D eigenvalue weighted by Gasteiger charge is 1.94. The number of unbranched alkanes of at least 4 members (excludes halogenated alkanes) is 13. The second kappa shape index (κ2) is 28.2. The molecule has 0 aromatic rings. The van der Waals surface area contributed by atoms with Crippen LogP contribution in [0.2, 0.25) is 0 Å². The minimum Gasteiger partial charge on any atom is -0.394 e. The average Bonchev–Trinajstić information content (AvgIpc) is 2.55. The minimum absolute atomic E-state index is 0. The molecule has 0 aromatic heterocycles. The molecule has 0 aliphatic rings. The quantitative estimate of drug-likeness (QED) is 0.325. The van der Waals surface area contributed by atoms with Crippen LogP contribution in [0.1, 0.15) is 96.8 Å². The van der Waals surface area contributed by atoms with E-state index >= 15 is 0 Å². The molecule has 0 aliphatic heterocycles. The molecule has 0 saturated heterocycles. The third-order valence-electron chi connectivity index (χ3n) is 4.06. The predicted molar refractivity (Wildman–Crippen MR) is 113 cm³/mol. The third kappa shape index (κ3) is 33.9. The van der Waals surface area contributed by atoms with E-state index in [-0.39, 0.29) is 30.2 Å². The lowest BCUT2D eigenvalue weighted by atomic mass is 10.0. The fraction of sp³-hybridized carbons (Fsp3) is 1.00. The van der Waals surface area contributed by atoms with Gasteiger partial charge in [-0.25, -0.2) is 0 Å². The first-order valence-electron chi connectivity index (χ1n) is 10.1. The standard InChI is InChI=1S/C18H39N.C2H6O2.BrH/c1-4-5-6-7-8-9-10-11-12-13-14-15-16-17-18-19(2)3;3-1-2-4;/h4-18H2,1-3H3;3-4H,1-2H2;1H. The molecule has 3 nitrogen and oxygen atoms in total. The summed E-state index contributed by atoms with van der Waals surface area (Å²) in [5, 5.41) is 15.2. The molecule has 0 fully saturated rings. The highest BCUT2D eigenvalue weighted by molar-refractivity contribution is 8.93. The zero-order chi connectivity index (χ0) is 17.6. The molecule has 2 N–H and O–H groups in total. The summed E-state index contributed by atoms with van der Waals surface area (Å²) >= 11 is 0. The Hall–Kier alpha value is 0.360. The second-order valence-electron chi connectivity index (χ2n) is 6.85. The summed E-state index contributed by atoms with van der Waals surface area (Å²) in [6.45, 7) is 3.30. The topological polar surface area (TPSA) is 43.7 Å². The van der Waals surface area contributed by atoms with E-state index in [0.717, 1.165) is 0 Å². The van der Waals surface area contributed by atoms with Crippen molar-refractivity contribution in [3.05, 3.63) is 0 Å². The van der Waals surface area contributed by atoms with Gasteiger partial charge >= 0.3 is 0 Å². The molecule has 4 heteroatoms. The van der Waals surface area contributed by atoms with E-state index in [9.17, 15) is 0 Å². The molecule has 0 unspecified atom stereocenters. The first kappa shape index (κ1) is 29.1. The van der Waals surface area contributed by atoms with Gasteiger partial charge in [-0.2, -0.15) is 0 Å². The molecule has 0 atom stereocenters. The van der Waals surface area contributed by atoms with Crippen molar-refractivity contribution < 1.29 is 10.2 Å². The maximum absolute atomic E-state index is 7.62. The van der Waals surface area contributed by atoms with Gasteiger partial charge in [0.15, 0.2) is 0 Å². The smallest absolute Gasteiger partial charge is 0.0662 e. The Balaban J connectivity index is -0.000000787. The van der Waals surface area contributed by atoms with E-state index in [1.807, 2.05) is 0 Å². The molecule has 0 aliphatic carbocycles. The van der Waals surface area contributed by atoms with Crippen LogP contribution in [0.3, 0.4) is 0 Å². The van der Waals surface area contributed by atoms with Crippen LogP contribution in [0, 0.1) is 0 Å². The maximum Gasteiger partial charge on any atom is 0.0662 e. The number of aliphatic hydroxyl groups is 2. The monoisotopic (exact) mass is 411 g/mol. The Bertz CT molecular complexity index is 190. The van der Waals surface area contributed by atoms with Crippen molar-refractivity contribution in [3.8, 4) is 0 Å². The Morgan fingerprint density at radius 3 is 1.08 bits per heavy atom. The van der Waals surface area contributed by atoms with Crippen LogP contribution in [-0.2, 0) is 0 Å². The highest BCUT2D eigenvalue weighted by atomic mass is 79.9. The van der Waals surface area contributed by atoms with E-state index in [2.05, 4.69) is 25.9 Å². The molecule has 0 spiro atoms. The molecule has 0 heterocycles. The summed E-state index contributed by atoms with van der Waals surface area (Å²) in [5.41, 5.74) is 0. The normalized spacial score (nSPS) is 10.2. The van der Waals surface area contributed by atoms with Gasteiger partial charge in [-0.05, 0) is 27.1 Å². The van der Waals surface area contributed by atoms with Gasteiger partial charge < -0.3 is 15.1 Å². The number of aliphatic hydroxyl groups excluding tert-OH is 2. The Kier molecular flexibility index (Phi) is 34.2. The predicted octanol–water partition coefficient (Wildman–Crippen LogP) is 5.58. The first-order valence-corrected chi connectivity index (χ1v) is 10.1. The van der Waals surface area contributed by atoms with Gasteiger partial charge in [0, 0.05) is 0 Å². The van der Waals surface area contributed by atoms with Gasteiger partial charge in [-0.15, -0.1) is 17.0 Å². The molecular formula is C20H46BrNO2. The Labute approximate surface area is 163 Å². The van der Waals surface area contributed by atoms with Crippen molar-refractivity contribution in [2.24, 2.45) is 0 Å². The van der Waals surface area contributed by atoms with Crippen molar-refractivity contribution in [2.75, 3.05) is 33.9 Å². The van der Waals surface area contributed by atoms with Gasteiger partial charge in [-0.1, -0.05) is 90.4 Å². The fourth-order valence-corrected chi connectivity index (χ4v) is 2.62. The zero-order valence-corrected chi connectivity index (χ0v) is 18.5. The largest absolute Gasteiger partial charge is 0.394 e. The number of nitrogens with zero attached hydrogens (tertiary/aromatic N) is 1. The van der Waals surface area contributed by atoms with E-state index < -0.39 is 0 Å². The van der Waals surface area contributed by atoms with Crippen LogP contribution >= 0.6 is 17.0 Å². The summed E-state index contributed by atoms with van der Waals surface area (Å²) < 4.78 is 0. The zero-order valence-electron chi connectivity index (χ0n) is 16.8. The summed E-state index contributed by atoms with van der Waals surface area (Å²) in [5.74, 6) is 0. The van der Waals surface area contributed by atoms with Crippen molar-refractivity contribution in [1.29, 1.82) is 0 Å². The molecule has 0 aromatic carbocycles. The van der Waals surface area contributed by atoms with Crippen LogP contribution in [0.5, 0.6) is 0 Å². The maximum atomic E-state index is 7.62. The lowest BCUT2D eigenvalue weighted by Gasteiger charge is -2.08. The number of rotatable bonds is 16. The van der Waals surface area contributed by atoms with Gasteiger partial charge in [-0.3, -0.25) is 0 Å². The molecule has 0 amide bonds. The SMILES string of the molecule is Br.CCCCCCCCCCCCCCCCN(C)C.OCCO. The van der Waals surface area contributed by atoms with Crippen molar-refractivity contribution in [1.82, 2.24) is 4.90 Å². The molecular weight excluding hydrogens is 366 g/mol. The summed E-state index contributed by atoms with van der Waals surface area (Å²) in [4.78, 5) is 2.29. The van der Waals surface area contributed by atoms with Crippen molar-refractivity contribution in [2.45, 2.75) is 96.8 Å². The Morgan fingerprint density at radius 1 is 0.542 bits per heavy atom. The summed E-state index contributed by atoms with van der Waals surface area (Å²) in [6.07, 6.45) is 20.3. The lowest BCUT2D eigenvalue weighted by Crippen LogP contribution is -2.12. The van der Waals surface area contributed by atoms with Crippen molar-refractivity contribution in [3.63, 3.8) is 0 Å². The molecule has 0 rings (SSSR count). The lowest BCUT2D eigenvalue weighted by molar-refractivity contribution is 0.186. The van der Waals surface area contributed by atoms with Gasteiger partial charge in [0.2, 0.25) is 0 Å². The van der Waals surface area contributed by atoms with E-state index in [0.29, 0.717) is 0 Å². The Morgan fingerprint density at radius 2 is 0.833 bits per heavy atom. The second-order valence-corrected chi connectivity index (χ2v) is 6.85. The third-order valence-corrected chi connectivity index (χ3v) is 4.06. The van der Waals surface area contributed by atoms with E-state index in [4.69, 9.17) is 10.2 Å². The molecule has 0 radical (unpaired) electrons. The fourth-order valence-electron chi connectivity index (χ4n) is 2.62. The van der Waals surface area contributed by atoms with Gasteiger partial charge in [0.05, 0.1) is 13.2 Å². The van der Waals surface area contributed by atoms with Crippen LogP contribution in [0.15, 0.2) is 0 Å². The summed E-state index contributed by atoms with van der Waals surface area (Å²) in [6, 6.07) is 0. The highest BCUT2D eigenvalue weighted by Crippen LogP contribution is 2.12. The average molecular weight is 412 g/mol. The van der Waals surface area contributed by atoms with Crippen LogP contribution in [0.4, 0.5) is 0 Å². The molecule has 0 bridgehead atoms. The number of hydrogen-bond acceptors (Lipinski definition) is 3. The van der Waals surface area contributed by atoms with Crippen LogP contribution in [-0.4, -0.2) is 49.0 Å². The van der Waals surface area contributed by atoms with Gasteiger partial charge in [0.1, 0.15) is 0 Å². The molecule has 0 saturated carbocycles. The van der Waals surface area contributed by atoms with Gasteiger partial charge in [0.25, 0.3) is 0 Å². The molecule has 150 valence electrons. The molecule has 24 heavy (non-hydrogen) atoms. The minimum atomic E-state index is -0.125. The summed E-state index contributed by atoms with van der Waals surface area (Å²) in [7, 11) is 4.34. The van der Waals surface area contributed by atoms with E-state index in [1.165, 1.54) is 96.4 Å². The van der Waals surface area contributed by atoms with Crippen LogP contribution < -0.4 is 0 Å². The van der Waals surface area contributed by atoms with Crippen molar-refractivity contribution >= 4 is 17.0 Å². The van der Waals surface area contributed by atoms with Crippen LogP contribution in [0.25, 0.3) is 0 Å². The number of halogens is 1. The number of hydrogen-bond donors (Lipinski definition) is 2. The van der Waals surface area contributed by atoms with E-state index in [1.54, 1.807) is 0 Å².